The summed E-state index contributed by atoms with van der Waals surface area (Å²) in [7, 11) is 0. The summed E-state index contributed by atoms with van der Waals surface area (Å²) in [6, 6.07) is 1.89. The Morgan fingerprint density at radius 3 is 2.57 bits per heavy atom. The average Bonchev–Trinajstić information content (AvgIpc) is 2.73. The summed E-state index contributed by atoms with van der Waals surface area (Å²) in [5.41, 5.74) is -0.821. The Hall–Kier alpha value is -2.56. The molecule has 0 spiro atoms. The van der Waals surface area contributed by atoms with Gasteiger partial charge in [-0.05, 0) is 12.5 Å². The molecule has 4 heterocycles. The van der Waals surface area contributed by atoms with Crippen LogP contribution in [0.4, 0.5) is 18.0 Å². The lowest BCUT2D eigenvalue weighted by molar-refractivity contribution is -0.140. The van der Waals surface area contributed by atoms with Gasteiger partial charge < -0.3 is 24.6 Å². The molecule has 8 nitrogen and oxygen atoms in total. The Morgan fingerprint density at radius 2 is 1.90 bits per heavy atom. The molecular formula is C19H23F3N4O4. The normalized spacial score (nSPS) is 25.5. The fourth-order valence-corrected chi connectivity index (χ4v) is 4.03. The monoisotopic (exact) mass is 428 g/mol. The summed E-state index contributed by atoms with van der Waals surface area (Å²) < 4.78 is 49.0. The second-order valence-corrected chi connectivity index (χ2v) is 7.73. The molecule has 3 aliphatic heterocycles. The minimum Gasteiger partial charge on any atom is -0.474 e. The third-order valence-electron chi connectivity index (χ3n) is 5.66. The Balaban J connectivity index is 1.26. The zero-order valence-corrected chi connectivity index (χ0v) is 16.2. The number of nitrogens with one attached hydrogen (secondary N) is 1. The van der Waals surface area contributed by atoms with Crippen LogP contribution in [-0.4, -0.2) is 77.8 Å². The van der Waals surface area contributed by atoms with Crippen LogP contribution < -0.4 is 10.1 Å². The molecule has 3 amide bonds. The molecular weight excluding hydrogens is 405 g/mol. The van der Waals surface area contributed by atoms with Gasteiger partial charge in [0, 0.05) is 51.3 Å². The molecule has 4 rings (SSSR count). The van der Waals surface area contributed by atoms with Crippen molar-refractivity contribution in [1.29, 1.82) is 0 Å². The zero-order valence-electron chi connectivity index (χ0n) is 16.2. The van der Waals surface area contributed by atoms with Crippen LogP contribution in [0.3, 0.4) is 0 Å². The fraction of sp³-hybridized carbons (Fsp3) is 0.632. The van der Waals surface area contributed by atoms with E-state index in [2.05, 4.69) is 10.3 Å². The standard InChI is InChI=1S/C19H23F3N4O4/c20-19(21,22)12-1-2-17(23-9-12)30-13-3-6-25(7-4-13)18(28)26-8-5-15-14(10-26)24-16(27)11-29-15/h1-2,9,13-15H,3-8,10-11H2,(H,24,27)/t14-,15+/m1/s1. The number of piperidine rings is 2. The maximum Gasteiger partial charge on any atom is 0.417 e. The van der Waals surface area contributed by atoms with E-state index in [0.717, 1.165) is 12.3 Å². The van der Waals surface area contributed by atoms with Gasteiger partial charge in [-0.1, -0.05) is 0 Å². The van der Waals surface area contributed by atoms with Crippen LogP contribution in [0.1, 0.15) is 24.8 Å². The summed E-state index contributed by atoms with van der Waals surface area (Å²) >= 11 is 0. The van der Waals surface area contributed by atoms with Crippen molar-refractivity contribution in [3.8, 4) is 5.88 Å². The predicted octanol–water partition coefficient (Wildman–Crippen LogP) is 1.65. The van der Waals surface area contributed by atoms with E-state index in [1.807, 2.05) is 0 Å². The topological polar surface area (TPSA) is 84.0 Å². The molecule has 3 aliphatic rings. The minimum absolute atomic E-state index is 0.0536. The first-order valence-corrected chi connectivity index (χ1v) is 9.94. The molecule has 30 heavy (non-hydrogen) atoms. The van der Waals surface area contributed by atoms with Gasteiger partial charge in [-0.15, -0.1) is 0 Å². The highest BCUT2D eigenvalue weighted by Gasteiger charge is 2.38. The number of nitrogens with zero attached hydrogens (tertiary/aromatic N) is 3. The lowest BCUT2D eigenvalue weighted by Gasteiger charge is -2.43. The first-order valence-electron chi connectivity index (χ1n) is 9.94. The van der Waals surface area contributed by atoms with Crippen LogP contribution in [0.5, 0.6) is 5.88 Å². The molecule has 1 N–H and O–H groups in total. The number of hydrogen-bond donors (Lipinski definition) is 1. The first kappa shape index (κ1) is 20.7. The number of likely N-dealkylation sites (tertiary alicyclic amines) is 2. The number of carbonyl (C=O) groups excluding carboxylic acids is 2. The van der Waals surface area contributed by atoms with E-state index >= 15 is 0 Å². The van der Waals surface area contributed by atoms with Crippen molar-refractivity contribution in [3.05, 3.63) is 23.9 Å². The molecule has 3 fully saturated rings. The number of halogens is 3. The minimum atomic E-state index is -4.43. The molecule has 2 atom stereocenters. The number of pyridine rings is 1. The van der Waals surface area contributed by atoms with E-state index in [0.29, 0.717) is 45.4 Å². The molecule has 0 radical (unpaired) electrons. The largest absolute Gasteiger partial charge is 0.474 e. The molecule has 11 heteroatoms. The van der Waals surface area contributed by atoms with Crippen LogP contribution in [0.2, 0.25) is 0 Å². The van der Waals surface area contributed by atoms with E-state index in [9.17, 15) is 22.8 Å². The third-order valence-corrected chi connectivity index (χ3v) is 5.66. The molecule has 164 valence electrons. The lowest BCUT2D eigenvalue weighted by atomic mass is 10.0. The number of rotatable bonds is 2. The SMILES string of the molecule is O=C1CO[C@H]2CCN(C(=O)N3CCC(Oc4ccc(C(F)(F)F)cn4)CC3)C[C@H]2N1. The van der Waals surface area contributed by atoms with Crippen LogP contribution in [0.25, 0.3) is 0 Å². The lowest BCUT2D eigenvalue weighted by Crippen LogP contribution is -2.62. The van der Waals surface area contributed by atoms with E-state index in [4.69, 9.17) is 9.47 Å². The van der Waals surface area contributed by atoms with Crippen molar-refractivity contribution in [3.63, 3.8) is 0 Å². The number of hydrogen-bond acceptors (Lipinski definition) is 5. The number of alkyl halides is 3. The van der Waals surface area contributed by atoms with Gasteiger partial charge in [0.15, 0.2) is 0 Å². The molecule has 0 bridgehead atoms. The fourth-order valence-electron chi connectivity index (χ4n) is 4.03. The molecule has 0 saturated carbocycles. The molecule has 3 saturated heterocycles. The van der Waals surface area contributed by atoms with E-state index in [1.54, 1.807) is 9.80 Å². The van der Waals surface area contributed by atoms with E-state index in [1.165, 1.54) is 6.07 Å². The maximum absolute atomic E-state index is 12.8. The summed E-state index contributed by atoms with van der Waals surface area (Å²) in [6.07, 6.45) is -2.14. The van der Waals surface area contributed by atoms with Gasteiger partial charge in [0.1, 0.15) is 12.7 Å². The molecule has 0 unspecified atom stereocenters. The Bertz CT molecular complexity index is 781. The van der Waals surface area contributed by atoms with Crippen molar-refractivity contribution in [2.24, 2.45) is 0 Å². The Labute approximate surface area is 171 Å². The molecule has 1 aromatic heterocycles. The van der Waals surface area contributed by atoms with Crippen molar-refractivity contribution in [1.82, 2.24) is 20.1 Å². The molecule has 0 aliphatic carbocycles. The van der Waals surface area contributed by atoms with Gasteiger partial charge in [0.05, 0.1) is 17.7 Å². The first-order chi connectivity index (χ1) is 14.3. The predicted molar refractivity (Wildman–Crippen MR) is 97.7 cm³/mol. The van der Waals surface area contributed by atoms with E-state index in [-0.39, 0.29) is 42.7 Å². The highest BCUT2D eigenvalue weighted by atomic mass is 19.4. The summed E-state index contributed by atoms with van der Waals surface area (Å²) in [4.78, 5) is 31.6. The Morgan fingerprint density at radius 1 is 1.17 bits per heavy atom. The van der Waals surface area contributed by atoms with Crippen molar-refractivity contribution < 1.29 is 32.2 Å². The van der Waals surface area contributed by atoms with Crippen LogP contribution >= 0.6 is 0 Å². The smallest absolute Gasteiger partial charge is 0.417 e. The third kappa shape index (κ3) is 4.61. The van der Waals surface area contributed by atoms with Gasteiger partial charge in [-0.3, -0.25) is 4.79 Å². The van der Waals surface area contributed by atoms with E-state index < -0.39 is 11.7 Å². The highest BCUT2D eigenvalue weighted by Crippen LogP contribution is 2.29. The van der Waals surface area contributed by atoms with Crippen molar-refractivity contribution in [2.45, 2.75) is 43.7 Å². The number of aromatic nitrogens is 1. The molecule has 0 aromatic carbocycles. The van der Waals surface area contributed by atoms with Gasteiger partial charge in [-0.25, -0.2) is 9.78 Å². The van der Waals surface area contributed by atoms with Gasteiger partial charge >= 0.3 is 12.2 Å². The number of ether oxygens (including phenoxy) is 2. The summed E-state index contributed by atoms with van der Waals surface area (Å²) in [6.45, 7) is 2.02. The van der Waals surface area contributed by atoms with Gasteiger partial charge in [-0.2, -0.15) is 13.2 Å². The second-order valence-electron chi connectivity index (χ2n) is 7.73. The maximum atomic E-state index is 12.8. The quantitative estimate of drug-likeness (QED) is 0.775. The van der Waals surface area contributed by atoms with Crippen LogP contribution in [0, 0.1) is 0 Å². The van der Waals surface area contributed by atoms with Crippen LogP contribution in [-0.2, 0) is 15.7 Å². The Kier molecular flexibility index (Phi) is 5.72. The van der Waals surface area contributed by atoms with Crippen molar-refractivity contribution in [2.75, 3.05) is 32.8 Å². The van der Waals surface area contributed by atoms with Crippen molar-refractivity contribution >= 4 is 11.9 Å². The summed E-state index contributed by atoms with van der Waals surface area (Å²) in [5, 5.41) is 2.88. The second kappa shape index (κ2) is 8.29. The van der Waals surface area contributed by atoms with Gasteiger partial charge in [0.2, 0.25) is 11.8 Å². The molecule has 1 aromatic rings. The van der Waals surface area contributed by atoms with Crippen LogP contribution in [0.15, 0.2) is 18.3 Å². The number of morpholine rings is 1. The number of carbonyl (C=O) groups is 2. The zero-order chi connectivity index (χ0) is 21.3. The summed E-state index contributed by atoms with van der Waals surface area (Å²) in [5.74, 6) is -0.0247. The number of fused-ring (bicyclic) bond motifs is 1. The highest BCUT2D eigenvalue weighted by molar-refractivity contribution is 5.79. The van der Waals surface area contributed by atoms with Gasteiger partial charge in [0.25, 0.3) is 0 Å². The average molecular weight is 428 g/mol. The number of amides is 3. The number of urea groups is 1.